The Bertz CT molecular complexity index is 274. The average Bonchev–Trinajstić information content (AvgIpc) is 2.13. The summed E-state index contributed by atoms with van der Waals surface area (Å²) in [4.78, 5) is 11.6. The number of carbonyl (C=O) groups is 1. The van der Waals surface area contributed by atoms with Crippen LogP contribution in [0.3, 0.4) is 0 Å². The zero-order valence-corrected chi connectivity index (χ0v) is 11.6. The molecule has 0 aliphatic carbocycles. The summed E-state index contributed by atoms with van der Waals surface area (Å²) in [5.41, 5.74) is -0.462. The number of carbonyl (C=O) groups excluding carboxylic acids is 1. The van der Waals surface area contributed by atoms with Crippen molar-refractivity contribution in [2.24, 2.45) is 5.92 Å². The number of hydrogen-bond donors (Lipinski definition) is 1. The molecule has 1 N–H and O–H groups in total. The zero-order chi connectivity index (χ0) is 13.5. The van der Waals surface area contributed by atoms with Crippen molar-refractivity contribution in [3.63, 3.8) is 0 Å². The molecule has 0 aromatic rings. The van der Waals surface area contributed by atoms with Crippen molar-refractivity contribution in [2.45, 2.75) is 52.7 Å². The van der Waals surface area contributed by atoms with Crippen LogP contribution < -0.4 is 5.32 Å². The summed E-state index contributed by atoms with van der Waals surface area (Å²) in [5, 5.41) is 2.85. The molecule has 3 nitrogen and oxygen atoms in total. The lowest BCUT2D eigenvalue weighted by molar-refractivity contribution is 0.0504. The number of alkyl carbamates (subject to hydrolysis) is 1. The maximum absolute atomic E-state index is 11.6. The van der Waals surface area contributed by atoms with Crippen molar-refractivity contribution in [3.8, 4) is 0 Å². The smallest absolute Gasteiger partial charge is 0.408 e. The van der Waals surface area contributed by atoms with E-state index in [1.165, 1.54) is 0 Å². The topological polar surface area (TPSA) is 38.3 Å². The van der Waals surface area contributed by atoms with Crippen LogP contribution in [0.5, 0.6) is 0 Å². The van der Waals surface area contributed by atoms with Crippen LogP contribution in [-0.2, 0) is 4.74 Å². The van der Waals surface area contributed by atoms with Gasteiger partial charge in [0.25, 0.3) is 0 Å². The van der Waals surface area contributed by atoms with E-state index in [9.17, 15) is 4.79 Å². The van der Waals surface area contributed by atoms with E-state index in [1.807, 2.05) is 39.0 Å². The van der Waals surface area contributed by atoms with Crippen LogP contribution in [0.1, 0.15) is 41.0 Å². The maximum atomic E-state index is 11.6. The molecule has 1 atom stereocenters. The SMILES string of the molecule is C=CC/C=C/C(NC(=O)OC(C)(C)C)C(C)C. The Labute approximate surface area is 105 Å². The van der Waals surface area contributed by atoms with Crippen LogP contribution in [0.2, 0.25) is 0 Å². The number of rotatable bonds is 5. The number of ether oxygens (including phenoxy) is 1. The number of allylic oxidation sites excluding steroid dienone is 2. The van der Waals surface area contributed by atoms with Crippen molar-refractivity contribution in [1.29, 1.82) is 0 Å². The van der Waals surface area contributed by atoms with Crippen LogP contribution in [0.25, 0.3) is 0 Å². The Morgan fingerprint density at radius 1 is 1.41 bits per heavy atom. The first-order valence-corrected chi connectivity index (χ1v) is 6.03. The molecule has 17 heavy (non-hydrogen) atoms. The molecule has 0 fully saturated rings. The van der Waals surface area contributed by atoms with Crippen LogP contribution in [-0.4, -0.2) is 17.7 Å². The molecule has 3 heteroatoms. The monoisotopic (exact) mass is 239 g/mol. The summed E-state index contributed by atoms with van der Waals surface area (Å²) < 4.78 is 5.22. The fourth-order valence-corrected chi connectivity index (χ4v) is 1.20. The minimum absolute atomic E-state index is 0.00944. The second-order valence-corrected chi connectivity index (χ2v) is 5.37. The van der Waals surface area contributed by atoms with E-state index in [4.69, 9.17) is 4.74 Å². The minimum Gasteiger partial charge on any atom is -0.444 e. The van der Waals surface area contributed by atoms with Crippen molar-refractivity contribution >= 4 is 6.09 Å². The van der Waals surface area contributed by atoms with E-state index in [1.54, 1.807) is 0 Å². The van der Waals surface area contributed by atoms with Gasteiger partial charge in [-0.25, -0.2) is 4.79 Å². The lowest BCUT2D eigenvalue weighted by atomic mass is 10.0. The van der Waals surface area contributed by atoms with Gasteiger partial charge in [-0.15, -0.1) is 6.58 Å². The van der Waals surface area contributed by atoms with E-state index in [2.05, 4.69) is 25.7 Å². The van der Waals surface area contributed by atoms with Crippen molar-refractivity contribution in [2.75, 3.05) is 0 Å². The summed E-state index contributed by atoms with van der Waals surface area (Å²) in [6.45, 7) is 13.3. The highest BCUT2D eigenvalue weighted by molar-refractivity contribution is 5.68. The van der Waals surface area contributed by atoms with Crippen molar-refractivity contribution in [1.82, 2.24) is 5.32 Å². The largest absolute Gasteiger partial charge is 0.444 e. The Hall–Kier alpha value is -1.25. The lowest BCUT2D eigenvalue weighted by Crippen LogP contribution is -2.40. The standard InChI is InChI=1S/C14H25NO2/c1-7-8-9-10-12(11(2)3)15-13(16)17-14(4,5)6/h7,9-12H,1,8H2,2-6H3,(H,15,16)/b10-9+. The molecular formula is C14H25NO2. The van der Waals surface area contributed by atoms with Crippen LogP contribution in [0, 0.1) is 5.92 Å². The fraction of sp³-hybridized carbons (Fsp3) is 0.643. The Balaban J connectivity index is 4.35. The van der Waals surface area contributed by atoms with Gasteiger partial charge >= 0.3 is 6.09 Å². The van der Waals surface area contributed by atoms with Gasteiger partial charge in [-0.1, -0.05) is 32.1 Å². The molecule has 1 amide bonds. The second-order valence-electron chi connectivity index (χ2n) is 5.37. The molecule has 0 aliphatic heterocycles. The van der Waals surface area contributed by atoms with Crippen LogP contribution in [0.15, 0.2) is 24.8 Å². The first kappa shape index (κ1) is 15.8. The molecule has 0 saturated carbocycles. The molecule has 0 radical (unpaired) electrons. The van der Waals surface area contributed by atoms with Crippen LogP contribution in [0.4, 0.5) is 4.79 Å². The van der Waals surface area contributed by atoms with E-state index < -0.39 is 5.60 Å². The first-order valence-electron chi connectivity index (χ1n) is 6.03. The van der Waals surface area contributed by atoms with Gasteiger partial charge in [-0.05, 0) is 33.1 Å². The lowest BCUT2D eigenvalue weighted by Gasteiger charge is -2.24. The predicted octanol–water partition coefficient (Wildman–Crippen LogP) is 3.67. The Morgan fingerprint density at radius 2 is 2.00 bits per heavy atom. The van der Waals surface area contributed by atoms with Gasteiger partial charge in [0, 0.05) is 0 Å². The molecule has 0 aliphatic rings. The number of nitrogens with one attached hydrogen (secondary N) is 1. The maximum Gasteiger partial charge on any atom is 0.408 e. The molecule has 0 rings (SSSR count). The second kappa shape index (κ2) is 7.15. The zero-order valence-electron chi connectivity index (χ0n) is 11.6. The minimum atomic E-state index is -0.462. The van der Waals surface area contributed by atoms with E-state index in [-0.39, 0.29) is 12.1 Å². The summed E-state index contributed by atoms with van der Waals surface area (Å²) in [6, 6.07) is -0.00944. The van der Waals surface area contributed by atoms with Gasteiger partial charge in [-0.3, -0.25) is 0 Å². The molecule has 0 saturated heterocycles. The van der Waals surface area contributed by atoms with Gasteiger partial charge < -0.3 is 10.1 Å². The molecule has 0 aromatic heterocycles. The van der Waals surface area contributed by atoms with E-state index in [0.29, 0.717) is 5.92 Å². The summed E-state index contributed by atoms with van der Waals surface area (Å²) in [5.74, 6) is 0.323. The highest BCUT2D eigenvalue weighted by atomic mass is 16.6. The van der Waals surface area contributed by atoms with Crippen LogP contribution >= 0.6 is 0 Å². The van der Waals surface area contributed by atoms with Gasteiger partial charge in [-0.2, -0.15) is 0 Å². The van der Waals surface area contributed by atoms with Gasteiger partial charge in [0.15, 0.2) is 0 Å². The van der Waals surface area contributed by atoms with Crippen molar-refractivity contribution < 1.29 is 9.53 Å². The normalized spacial score (nSPS) is 13.8. The van der Waals surface area contributed by atoms with E-state index >= 15 is 0 Å². The number of amides is 1. The summed E-state index contributed by atoms with van der Waals surface area (Å²) >= 11 is 0. The average molecular weight is 239 g/mol. The van der Waals surface area contributed by atoms with Gasteiger partial charge in [0.1, 0.15) is 5.60 Å². The Kier molecular flexibility index (Phi) is 6.62. The molecule has 1 unspecified atom stereocenters. The Morgan fingerprint density at radius 3 is 2.41 bits per heavy atom. The third-order valence-electron chi connectivity index (χ3n) is 2.05. The third-order valence-corrected chi connectivity index (χ3v) is 2.05. The van der Waals surface area contributed by atoms with E-state index in [0.717, 1.165) is 6.42 Å². The van der Waals surface area contributed by atoms with Gasteiger partial charge in [0.2, 0.25) is 0 Å². The summed E-state index contributed by atoms with van der Waals surface area (Å²) in [7, 11) is 0. The first-order chi connectivity index (χ1) is 7.76. The summed E-state index contributed by atoms with van der Waals surface area (Å²) in [6.07, 6.45) is 6.23. The predicted molar refractivity (Wildman–Crippen MR) is 71.9 cm³/mol. The molecule has 0 bridgehead atoms. The van der Waals surface area contributed by atoms with Crippen molar-refractivity contribution in [3.05, 3.63) is 24.8 Å². The molecule has 98 valence electrons. The third kappa shape index (κ3) is 8.55. The molecule has 0 aromatic carbocycles. The number of hydrogen-bond acceptors (Lipinski definition) is 2. The highest BCUT2D eigenvalue weighted by Gasteiger charge is 2.19. The molecular weight excluding hydrogens is 214 g/mol. The van der Waals surface area contributed by atoms with Gasteiger partial charge in [0.05, 0.1) is 6.04 Å². The molecule has 0 heterocycles. The quantitative estimate of drug-likeness (QED) is 0.743. The highest BCUT2D eigenvalue weighted by Crippen LogP contribution is 2.09. The molecule has 0 spiro atoms. The fourth-order valence-electron chi connectivity index (χ4n) is 1.20.